The normalized spacial score (nSPS) is 22.4. The first kappa shape index (κ1) is 19.6. The molecule has 146 valence electrons. The fourth-order valence-electron chi connectivity index (χ4n) is 3.57. The molecule has 0 amide bonds. The van der Waals surface area contributed by atoms with Crippen LogP contribution >= 0.6 is 11.3 Å². The highest BCUT2D eigenvalue weighted by Gasteiger charge is 2.27. The lowest BCUT2D eigenvalue weighted by molar-refractivity contribution is 0.0315. The molecule has 1 aromatic heterocycles. The van der Waals surface area contributed by atoms with Gasteiger partial charge >= 0.3 is 0 Å². The Hall–Kier alpha value is -1.18. The maximum atomic E-state index is 5.46. The molecule has 2 aliphatic rings. The Morgan fingerprint density at radius 3 is 2.88 bits per heavy atom. The predicted molar refractivity (Wildman–Crippen MR) is 108 cm³/mol. The monoisotopic (exact) mass is 379 g/mol. The Morgan fingerprint density at radius 1 is 1.38 bits per heavy atom. The third-order valence-electron chi connectivity index (χ3n) is 4.99. The third-order valence-corrected chi connectivity index (χ3v) is 6.19. The zero-order valence-electron chi connectivity index (χ0n) is 16.4. The molecule has 0 radical (unpaired) electrons. The van der Waals surface area contributed by atoms with Gasteiger partial charge in [-0.15, -0.1) is 11.3 Å². The van der Waals surface area contributed by atoms with Crippen LogP contribution in [-0.4, -0.2) is 73.2 Å². The maximum Gasteiger partial charge on any atom is 0.194 e. The number of ether oxygens (including phenoxy) is 1. The van der Waals surface area contributed by atoms with E-state index in [-0.39, 0.29) is 0 Å². The molecule has 0 saturated carbocycles. The molecule has 0 bridgehead atoms. The van der Waals surface area contributed by atoms with E-state index in [1.54, 1.807) is 11.3 Å². The van der Waals surface area contributed by atoms with Gasteiger partial charge < -0.3 is 15.0 Å². The molecule has 3 rings (SSSR count). The number of rotatable bonds is 6. The van der Waals surface area contributed by atoms with Crippen LogP contribution in [0.5, 0.6) is 0 Å². The van der Waals surface area contributed by atoms with Crippen molar-refractivity contribution in [2.45, 2.75) is 39.7 Å². The van der Waals surface area contributed by atoms with Crippen LogP contribution < -0.4 is 5.32 Å². The molecule has 1 atom stereocenters. The average Bonchev–Trinajstić information content (AvgIpc) is 3.29. The van der Waals surface area contributed by atoms with E-state index in [0.717, 1.165) is 63.5 Å². The Balaban J connectivity index is 1.54. The highest BCUT2D eigenvalue weighted by Crippen LogP contribution is 2.21. The van der Waals surface area contributed by atoms with Crippen molar-refractivity contribution < 1.29 is 4.74 Å². The van der Waals surface area contributed by atoms with Crippen LogP contribution in [0.3, 0.4) is 0 Å². The van der Waals surface area contributed by atoms with E-state index in [1.807, 2.05) is 0 Å². The minimum absolute atomic E-state index is 0.491. The van der Waals surface area contributed by atoms with E-state index in [1.165, 1.54) is 18.0 Å². The molecule has 1 N–H and O–H groups in total. The largest absolute Gasteiger partial charge is 0.379 e. The predicted octanol–water partition coefficient (Wildman–Crippen LogP) is 2.39. The lowest BCUT2D eigenvalue weighted by atomic mass is 10.1. The summed E-state index contributed by atoms with van der Waals surface area (Å²) in [6, 6.07) is 0. The summed E-state index contributed by atoms with van der Waals surface area (Å²) in [7, 11) is 0. The summed E-state index contributed by atoms with van der Waals surface area (Å²) in [6.45, 7) is 15.4. The van der Waals surface area contributed by atoms with Crippen molar-refractivity contribution in [3.63, 3.8) is 0 Å². The van der Waals surface area contributed by atoms with E-state index >= 15 is 0 Å². The first-order valence-electron chi connectivity index (χ1n) is 9.93. The van der Waals surface area contributed by atoms with Crippen molar-refractivity contribution >= 4 is 17.3 Å². The van der Waals surface area contributed by atoms with Crippen LogP contribution in [0.25, 0.3) is 0 Å². The van der Waals surface area contributed by atoms with Crippen molar-refractivity contribution in [2.24, 2.45) is 10.9 Å². The van der Waals surface area contributed by atoms with Gasteiger partial charge in [0.2, 0.25) is 0 Å². The molecule has 2 saturated heterocycles. The lowest BCUT2D eigenvalue weighted by Crippen LogP contribution is -2.42. The second-order valence-corrected chi connectivity index (χ2v) is 8.41. The Morgan fingerprint density at radius 2 is 2.19 bits per heavy atom. The molecule has 2 aliphatic heterocycles. The van der Waals surface area contributed by atoms with Crippen molar-refractivity contribution in [2.75, 3.05) is 52.5 Å². The number of aromatic nitrogens is 1. The number of hydrogen-bond acceptors (Lipinski definition) is 5. The summed E-state index contributed by atoms with van der Waals surface area (Å²) in [5.74, 6) is 2.25. The average molecular weight is 380 g/mol. The summed E-state index contributed by atoms with van der Waals surface area (Å²) >= 11 is 1.74. The van der Waals surface area contributed by atoms with Gasteiger partial charge in [-0.05, 0) is 19.3 Å². The molecular weight excluding hydrogens is 346 g/mol. The second kappa shape index (κ2) is 9.67. The highest BCUT2D eigenvalue weighted by atomic mass is 32.1. The summed E-state index contributed by atoms with van der Waals surface area (Å²) in [4.78, 5) is 14.5. The van der Waals surface area contributed by atoms with Crippen molar-refractivity contribution in [1.29, 1.82) is 0 Å². The molecular formula is C19H33N5OS. The first-order chi connectivity index (χ1) is 12.7. The van der Waals surface area contributed by atoms with E-state index in [4.69, 9.17) is 14.7 Å². The molecule has 0 spiro atoms. The Bertz CT molecular complexity index is 582. The van der Waals surface area contributed by atoms with Crippen LogP contribution in [0.1, 0.15) is 43.8 Å². The third kappa shape index (κ3) is 5.41. The van der Waals surface area contributed by atoms with Crippen LogP contribution in [0, 0.1) is 5.92 Å². The van der Waals surface area contributed by atoms with Crippen LogP contribution in [-0.2, 0) is 11.3 Å². The number of likely N-dealkylation sites (tertiary alicyclic amines) is 1. The SMILES string of the molecule is CCNC(=NCc1csc(C(C)C)n1)N1CCC(CN2CCOCC2)C1. The molecule has 26 heavy (non-hydrogen) atoms. The minimum atomic E-state index is 0.491. The van der Waals surface area contributed by atoms with E-state index in [9.17, 15) is 0 Å². The number of guanidine groups is 1. The Kier molecular flexibility index (Phi) is 7.28. The van der Waals surface area contributed by atoms with E-state index < -0.39 is 0 Å². The van der Waals surface area contributed by atoms with Gasteiger partial charge in [0.15, 0.2) is 5.96 Å². The summed E-state index contributed by atoms with van der Waals surface area (Å²) in [6.07, 6.45) is 1.25. The van der Waals surface area contributed by atoms with Gasteiger partial charge in [0.05, 0.1) is 30.5 Å². The van der Waals surface area contributed by atoms with Crippen LogP contribution in [0.4, 0.5) is 0 Å². The topological polar surface area (TPSA) is 53.0 Å². The lowest BCUT2D eigenvalue weighted by Gasteiger charge is -2.29. The van der Waals surface area contributed by atoms with Gasteiger partial charge in [-0.25, -0.2) is 9.98 Å². The fraction of sp³-hybridized carbons (Fsp3) is 0.789. The van der Waals surface area contributed by atoms with Gasteiger partial charge in [-0.2, -0.15) is 0 Å². The molecule has 6 nitrogen and oxygen atoms in total. The number of nitrogens with zero attached hydrogens (tertiary/aromatic N) is 4. The molecule has 2 fully saturated rings. The van der Waals surface area contributed by atoms with Crippen molar-refractivity contribution in [3.05, 3.63) is 16.1 Å². The highest BCUT2D eigenvalue weighted by molar-refractivity contribution is 7.09. The minimum Gasteiger partial charge on any atom is -0.379 e. The standard InChI is InChI=1S/C19H33N5OS/c1-4-20-19(21-11-17-14-26-18(22-17)15(2)3)24-6-5-16(13-24)12-23-7-9-25-10-8-23/h14-16H,4-13H2,1-3H3,(H,20,21). The molecule has 3 heterocycles. The zero-order chi connectivity index (χ0) is 18.4. The maximum absolute atomic E-state index is 5.46. The molecule has 1 aromatic rings. The number of nitrogens with one attached hydrogen (secondary N) is 1. The van der Waals surface area contributed by atoms with Crippen molar-refractivity contribution in [1.82, 2.24) is 20.1 Å². The van der Waals surface area contributed by atoms with E-state index in [0.29, 0.717) is 12.5 Å². The van der Waals surface area contributed by atoms with Gasteiger partial charge in [0.1, 0.15) is 0 Å². The molecule has 7 heteroatoms. The number of morpholine rings is 1. The van der Waals surface area contributed by atoms with Crippen LogP contribution in [0.15, 0.2) is 10.4 Å². The fourth-order valence-corrected chi connectivity index (χ4v) is 4.39. The second-order valence-electron chi connectivity index (χ2n) is 7.52. The quantitative estimate of drug-likeness (QED) is 0.608. The van der Waals surface area contributed by atoms with E-state index in [2.05, 4.69) is 41.3 Å². The van der Waals surface area contributed by atoms with Gasteiger partial charge in [-0.1, -0.05) is 13.8 Å². The number of hydrogen-bond donors (Lipinski definition) is 1. The number of thiazole rings is 1. The smallest absolute Gasteiger partial charge is 0.194 e. The van der Waals surface area contributed by atoms with Gasteiger partial charge in [0.25, 0.3) is 0 Å². The zero-order valence-corrected chi connectivity index (χ0v) is 17.2. The van der Waals surface area contributed by atoms with Gasteiger partial charge in [-0.3, -0.25) is 4.90 Å². The summed E-state index contributed by atoms with van der Waals surface area (Å²) in [5.41, 5.74) is 1.08. The van der Waals surface area contributed by atoms with Crippen molar-refractivity contribution in [3.8, 4) is 0 Å². The number of aliphatic imine (C=N–C) groups is 1. The molecule has 0 aliphatic carbocycles. The Labute approximate surface area is 161 Å². The van der Waals surface area contributed by atoms with Crippen LogP contribution in [0.2, 0.25) is 0 Å². The first-order valence-corrected chi connectivity index (χ1v) is 10.8. The summed E-state index contributed by atoms with van der Waals surface area (Å²) < 4.78 is 5.46. The molecule has 1 unspecified atom stereocenters. The summed E-state index contributed by atoms with van der Waals surface area (Å²) in [5, 5.41) is 6.81. The molecule has 0 aromatic carbocycles. The van der Waals surface area contributed by atoms with Gasteiger partial charge in [0, 0.05) is 50.6 Å².